The maximum Gasteiger partial charge on any atom is 0.416 e. The zero-order valence-corrected chi connectivity index (χ0v) is 9.35. The van der Waals surface area contributed by atoms with E-state index in [1.807, 2.05) is 0 Å². The zero-order valence-electron chi connectivity index (χ0n) is 9.35. The van der Waals surface area contributed by atoms with Crippen LogP contribution in [-0.4, -0.2) is 14.2 Å². The number of ether oxygens (including phenoxy) is 1. The lowest BCUT2D eigenvalue weighted by Gasteiger charge is -2.15. The smallest absolute Gasteiger partial charge is 0.416 e. The Morgan fingerprint density at radius 3 is 2.31 bits per heavy atom. The first-order valence-corrected chi connectivity index (χ1v) is 4.82. The molecule has 1 rings (SSSR count). The Balaban J connectivity index is 3.21. The molecule has 0 aliphatic heterocycles. The van der Waals surface area contributed by atoms with E-state index in [1.165, 1.54) is 7.11 Å². The van der Waals surface area contributed by atoms with Crippen molar-refractivity contribution in [2.75, 3.05) is 14.2 Å². The van der Waals surface area contributed by atoms with Crippen molar-refractivity contribution >= 4 is 0 Å². The molecule has 0 bridgehead atoms. The van der Waals surface area contributed by atoms with Gasteiger partial charge in [0.25, 0.3) is 0 Å². The van der Waals surface area contributed by atoms with Crippen LogP contribution in [-0.2, 0) is 6.18 Å². The van der Waals surface area contributed by atoms with Crippen LogP contribution in [0.3, 0.4) is 0 Å². The van der Waals surface area contributed by atoms with Crippen LogP contribution in [0, 0.1) is 0 Å². The van der Waals surface area contributed by atoms with Gasteiger partial charge < -0.3 is 10.1 Å². The van der Waals surface area contributed by atoms with E-state index in [0.29, 0.717) is 5.56 Å². The van der Waals surface area contributed by atoms with Crippen LogP contribution >= 0.6 is 0 Å². The Kier molecular flexibility index (Phi) is 3.80. The van der Waals surface area contributed by atoms with Gasteiger partial charge in [0.05, 0.1) is 12.7 Å². The minimum Gasteiger partial charge on any atom is -0.497 e. The average Bonchev–Trinajstić information content (AvgIpc) is 2.26. The fraction of sp³-hybridized carbons (Fsp3) is 0.455. The number of hydrogen-bond donors (Lipinski definition) is 1. The highest BCUT2D eigenvalue weighted by Gasteiger charge is 2.31. The summed E-state index contributed by atoms with van der Waals surface area (Å²) < 4.78 is 42.6. The third kappa shape index (κ3) is 2.88. The van der Waals surface area contributed by atoms with Crippen molar-refractivity contribution in [1.29, 1.82) is 0 Å². The van der Waals surface area contributed by atoms with Crippen molar-refractivity contribution in [2.45, 2.75) is 19.1 Å². The highest BCUT2D eigenvalue weighted by atomic mass is 19.4. The van der Waals surface area contributed by atoms with Gasteiger partial charge in [-0.05, 0) is 37.7 Å². The predicted octanol–water partition coefficient (Wildman–Crippen LogP) is 2.99. The molecule has 0 radical (unpaired) electrons. The van der Waals surface area contributed by atoms with E-state index in [9.17, 15) is 13.2 Å². The Bertz CT molecular complexity index is 363. The number of alkyl halides is 3. The van der Waals surface area contributed by atoms with Gasteiger partial charge in [0.1, 0.15) is 5.75 Å². The van der Waals surface area contributed by atoms with E-state index in [4.69, 9.17) is 4.74 Å². The molecule has 1 unspecified atom stereocenters. The van der Waals surface area contributed by atoms with Crippen LogP contribution < -0.4 is 10.1 Å². The van der Waals surface area contributed by atoms with Crippen molar-refractivity contribution in [1.82, 2.24) is 5.32 Å². The summed E-state index contributed by atoms with van der Waals surface area (Å²) in [5.41, 5.74) is -0.141. The van der Waals surface area contributed by atoms with Crippen LogP contribution in [0.2, 0.25) is 0 Å². The maximum absolute atomic E-state index is 12.6. The fourth-order valence-electron chi connectivity index (χ4n) is 1.32. The lowest BCUT2D eigenvalue weighted by Crippen LogP contribution is -2.14. The second-order valence-electron chi connectivity index (χ2n) is 3.50. The van der Waals surface area contributed by atoms with E-state index in [2.05, 4.69) is 5.32 Å². The van der Waals surface area contributed by atoms with Gasteiger partial charge in [-0.3, -0.25) is 0 Å². The minimum absolute atomic E-state index is 0.156. The summed E-state index contributed by atoms with van der Waals surface area (Å²) in [5.74, 6) is 0.215. The Labute approximate surface area is 92.4 Å². The summed E-state index contributed by atoms with van der Waals surface area (Å²) in [4.78, 5) is 0. The molecule has 0 fully saturated rings. The third-order valence-corrected chi connectivity index (χ3v) is 2.42. The van der Waals surface area contributed by atoms with Crippen molar-refractivity contribution in [2.24, 2.45) is 0 Å². The predicted molar refractivity (Wildman–Crippen MR) is 55.5 cm³/mol. The lowest BCUT2D eigenvalue weighted by molar-refractivity contribution is -0.137. The largest absolute Gasteiger partial charge is 0.497 e. The molecular formula is C11H14F3NO. The van der Waals surface area contributed by atoms with Crippen LogP contribution in [0.1, 0.15) is 24.1 Å². The average molecular weight is 233 g/mol. The summed E-state index contributed by atoms with van der Waals surface area (Å²) in [7, 11) is 3.04. The molecule has 1 atom stereocenters. The fourth-order valence-corrected chi connectivity index (χ4v) is 1.32. The van der Waals surface area contributed by atoms with Crippen molar-refractivity contribution in [3.63, 3.8) is 0 Å². The normalized spacial score (nSPS) is 13.6. The molecule has 1 aromatic rings. The van der Waals surface area contributed by atoms with Crippen molar-refractivity contribution in [3.8, 4) is 5.75 Å². The molecule has 2 nitrogen and oxygen atoms in total. The maximum atomic E-state index is 12.6. The second-order valence-corrected chi connectivity index (χ2v) is 3.50. The lowest BCUT2D eigenvalue weighted by atomic mass is 10.0. The zero-order chi connectivity index (χ0) is 12.3. The molecule has 0 saturated heterocycles. The highest BCUT2D eigenvalue weighted by molar-refractivity contribution is 5.37. The number of hydrogen-bond acceptors (Lipinski definition) is 2. The number of benzene rings is 1. The van der Waals surface area contributed by atoms with Crippen molar-refractivity contribution in [3.05, 3.63) is 29.3 Å². The Morgan fingerprint density at radius 1 is 1.25 bits per heavy atom. The quantitative estimate of drug-likeness (QED) is 0.866. The van der Waals surface area contributed by atoms with Gasteiger partial charge in [-0.1, -0.05) is 0 Å². The molecule has 1 N–H and O–H groups in total. The molecule has 0 amide bonds. The molecule has 90 valence electrons. The van der Waals surface area contributed by atoms with Gasteiger partial charge in [-0.25, -0.2) is 0 Å². The monoisotopic (exact) mass is 233 g/mol. The van der Waals surface area contributed by atoms with E-state index >= 15 is 0 Å². The summed E-state index contributed by atoms with van der Waals surface area (Å²) in [6.07, 6.45) is -4.35. The Hall–Kier alpha value is -1.23. The summed E-state index contributed by atoms with van der Waals surface area (Å²) >= 11 is 0. The second kappa shape index (κ2) is 4.74. The molecule has 0 aliphatic carbocycles. The van der Waals surface area contributed by atoms with E-state index < -0.39 is 11.7 Å². The number of nitrogens with one attached hydrogen (secondary N) is 1. The molecule has 0 spiro atoms. The van der Waals surface area contributed by atoms with Gasteiger partial charge in [-0.15, -0.1) is 0 Å². The first kappa shape index (κ1) is 12.8. The minimum atomic E-state index is -4.35. The Morgan fingerprint density at radius 2 is 1.88 bits per heavy atom. The molecule has 0 heterocycles. The van der Waals surface area contributed by atoms with Crippen LogP contribution in [0.25, 0.3) is 0 Å². The summed E-state index contributed by atoms with van der Waals surface area (Å²) in [5, 5.41) is 2.89. The molecule has 5 heteroatoms. The van der Waals surface area contributed by atoms with Crippen LogP contribution in [0.5, 0.6) is 5.75 Å². The standard InChI is InChI=1S/C11H14F3NO/c1-7(15-2)8-4-9(11(12,13)14)6-10(5-8)16-3/h4-7,15H,1-3H3. The number of rotatable bonds is 3. The van der Waals surface area contributed by atoms with Crippen molar-refractivity contribution < 1.29 is 17.9 Å². The summed E-state index contributed by atoms with van der Waals surface area (Å²) in [6.45, 7) is 1.79. The van der Waals surface area contributed by atoms with Gasteiger partial charge in [0.15, 0.2) is 0 Å². The third-order valence-electron chi connectivity index (χ3n) is 2.42. The molecule has 1 aromatic carbocycles. The number of halogens is 3. The first-order chi connectivity index (χ1) is 7.38. The molecule has 0 aromatic heterocycles. The van der Waals surface area contributed by atoms with Crippen LogP contribution in [0.15, 0.2) is 18.2 Å². The van der Waals surface area contributed by atoms with Gasteiger partial charge in [-0.2, -0.15) is 13.2 Å². The van der Waals surface area contributed by atoms with Gasteiger partial charge in [0.2, 0.25) is 0 Å². The van der Waals surface area contributed by atoms with E-state index in [-0.39, 0.29) is 11.8 Å². The van der Waals surface area contributed by atoms with Gasteiger partial charge in [0, 0.05) is 6.04 Å². The molecule has 16 heavy (non-hydrogen) atoms. The molecular weight excluding hydrogens is 219 g/mol. The topological polar surface area (TPSA) is 21.3 Å². The molecule has 0 aliphatic rings. The summed E-state index contributed by atoms with van der Waals surface area (Å²) in [6, 6.07) is 3.56. The molecule has 0 saturated carbocycles. The van der Waals surface area contributed by atoms with E-state index in [1.54, 1.807) is 20.0 Å². The van der Waals surface area contributed by atoms with Gasteiger partial charge >= 0.3 is 6.18 Å². The highest BCUT2D eigenvalue weighted by Crippen LogP contribution is 2.33. The van der Waals surface area contributed by atoms with E-state index in [0.717, 1.165) is 12.1 Å². The number of methoxy groups -OCH3 is 1. The SMILES string of the molecule is CNC(C)c1cc(OC)cc(C(F)(F)F)c1. The first-order valence-electron chi connectivity index (χ1n) is 4.82. The van der Waals surface area contributed by atoms with Crippen LogP contribution in [0.4, 0.5) is 13.2 Å².